The van der Waals surface area contributed by atoms with Gasteiger partial charge in [-0.3, -0.25) is 9.59 Å². The molecular weight excluding hydrogens is 380 g/mol. The van der Waals surface area contributed by atoms with Crippen molar-refractivity contribution in [2.24, 2.45) is 11.3 Å². The average Bonchev–Trinajstić information content (AvgIpc) is 3.29. The SMILES string of the molecule is C=CCNc1nc([C@]2(C)C[C@@]3(C[C@H](COCCC(C)C)OC3=O)C(=O)O2)cs1. The molecule has 0 aliphatic carbocycles. The van der Waals surface area contributed by atoms with Crippen molar-refractivity contribution in [2.75, 3.05) is 25.1 Å². The lowest BCUT2D eigenvalue weighted by Gasteiger charge is -2.20. The Bertz CT molecular complexity index is 749. The fourth-order valence-corrected chi connectivity index (χ4v) is 4.45. The first-order chi connectivity index (χ1) is 13.3. The summed E-state index contributed by atoms with van der Waals surface area (Å²) in [5, 5.41) is 5.69. The number of nitrogens with zero attached hydrogens (tertiary/aromatic N) is 1. The van der Waals surface area contributed by atoms with Gasteiger partial charge in [-0.2, -0.15) is 0 Å². The maximum Gasteiger partial charge on any atom is 0.324 e. The van der Waals surface area contributed by atoms with E-state index in [1.165, 1.54) is 11.3 Å². The molecule has 154 valence electrons. The molecule has 0 radical (unpaired) electrons. The van der Waals surface area contributed by atoms with E-state index in [1.807, 2.05) is 5.38 Å². The maximum absolute atomic E-state index is 12.7. The van der Waals surface area contributed by atoms with Gasteiger partial charge in [-0.05, 0) is 19.3 Å². The van der Waals surface area contributed by atoms with E-state index in [9.17, 15) is 9.59 Å². The molecule has 0 unspecified atom stereocenters. The molecule has 1 spiro atoms. The number of thiazole rings is 1. The summed E-state index contributed by atoms with van der Waals surface area (Å²) in [6.07, 6.45) is 2.77. The molecule has 0 saturated carbocycles. The maximum atomic E-state index is 12.7. The third kappa shape index (κ3) is 4.07. The first-order valence-corrected chi connectivity index (χ1v) is 10.5. The molecule has 0 aromatic carbocycles. The van der Waals surface area contributed by atoms with E-state index >= 15 is 0 Å². The van der Waals surface area contributed by atoms with Crippen LogP contribution >= 0.6 is 11.3 Å². The number of anilines is 1. The number of nitrogens with one attached hydrogen (secondary N) is 1. The lowest BCUT2D eigenvalue weighted by Crippen LogP contribution is -2.32. The van der Waals surface area contributed by atoms with Gasteiger partial charge in [-0.15, -0.1) is 17.9 Å². The van der Waals surface area contributed by atoms with Crippen LogP contribution in [0.4, 0.5) is 5.13 Å². The second-order valence-corrected chi connectivity index (χ2v) is 8.93. The monoisotopic (exact) mass is 408 g/mol. The predicted octanol–water partition coefficient (Wildman–Crippen LogP) is 3.27. The third-order valence-electron chi connectivity index (χ3n) is 5.18. The van der Waals surface area contributed by atoms with Crippen LogP contribution in [0.25, 0.3) is 0 Å². The quantitative estimate of drug-likeness (QED) is 0.290. The molecule has 3 rings (SSSR count). The van der Waals surface area contributed by atoms with Crippen molar-refractivity contribution in [1.29, 1.82) is 0 Å². The van der Waals surface area contributed by atoms with Crippen LogP contribution in [0.3, 0.4) is 0 Å². The lowest BCUT2D eigenvalue weighted by molar-refractivity contribution is -0.160. The Morgan fingerprint density at radius 3 is 2.96 bits per heavy atom. The highest BCUT2D eigenvalue weighted by molar-refractivity contribution is 7.13. The van der Waals surface area contributed by atoms with Crippen LogP contribution < -0.4 is 5.32 Å². The van der Waals surface area contributed by atoms with Crippen molar-refractivity contribution in [1.82, 2.24) is 4.98 Å². The highest BCUT2D eigenvalue weighted by Gasteiger charge is 2.65. The molecule has 28 heavy (non-hydrogen) atoms. The van der Waals surface area contributed by atoms with Crippen molar-refractivity contribution in [3.05, 3.63) is 23.7 Å². The Morgan fingerprint density at radius 1 is 1.46 bits per heavy atom. The van der Waals surface area contributed by atoms with E-state index in [1.54, 1.807) is 13.0 Å². The zero-order valence-corrected chi connectivity index (χ0v) is 17.5. The molecular formula is C20H28N2O5S. The summed E-state index contributed by atoms with van der Waals surface area (Å²) >= 11 is 1.43. The Labute approximate surface area is 169 Å². The van der Waals surface area contributed by atoms with Crippen LogP contribution in [-0.2, 0) is 29.4 Å². The molecule has 0 bridgehead atoms. The van der Waals surface area contributed by atoms with E-state index in [4.69, 9.17) is 14.2 Å². The number of cyclic esters (lactones) is 2. The van der Waals surface area contributed by atoms with E-state index in [-0.39, 0.29) is 12.8 Å². The lowest BCUT2D eigenvalue weighted by atomic mass is 9.78. The number of ether oxygens (including phenoxy) is 3. The second-order valence-electron chi connectivity index (χ2n) is 8.08. The predicted molar refractivity (Wildman–Crippen MR) is 106 cm³/mol. The first kappa shape index (κ1) is 20.8. The van der Waals surface area contributed by atoms with Crippen LogP contribution in [0.2, 0.25) is 0 Å². The van der Waals surface area contributed by atoms with Crippen molar-refractivity contribution >= 4 is 28.4 Å². The number of aromatic nitrogens is 1. The van der Waals surface area contributed by atoms with E-state index in [2.05, 4.69) is 30.7 Å². The van der Waals surface area contributed by atoms with Crippen LogP contribution in [0.5, 0.6) is 0 Å². The van der Waals surface area contributed by atoms with E-state index in [0.29, 0.717) is 31.4 Å². The molecule has 2 aliphatic heterocycles. The standard InChI is InChI=1S/C20H28N2O5S/c1-5-7-21-18-22-15(11-28-18)19(4)12-20(17(24)27-19)9-14(26-16(20)23)10-25-8-6-13(2)3/h5,11,13-14H,1,6-10,12H2,2-4H3,(H,21,22)/t14-,19+,20-/m1/s1. The summed E-state index contributed by atoms with van der Waals surface area (Å²) in [6, 6.07) is 0. The number of carbonyl (C=O) groups is 2. The van der Waals surface area contributed by atoms with Crippen LogP contribution in [-0.4, -0.2) is 42.8 Å². The number of rotatable bonds is 9. The topological polar surface area (TPSA) is 86.8 Å². The minimum absolute atomic E-state index is 0.227. The Hall–Kier alpha value is -1.93. The summed E-state index contributed by atoms with van der Waals surface area (Å²) in [4.78, 5) is 29.8. The molecule has 8 heteroatoms. The third-order valence-corrected chi connectivity index (χ3v) is 5.98. The smallest absolute Gasteiger partial charge is 0.324 e. The summed E-state index contributed by atoms with van der Waals surface area (Å²) < 4.78 is 16.8. The zero-order chi connectivity index (χ0) is 20.4. The average molecular weight is 409 g/mol. The minimum Gasteiger partial charge on any atom is -0.459 e. The minimum atomic E-state index is -1.26. The fourth-order valence-electron chi connectivity index (χ4n) is 3.60. The van der Waals surface area contributed by atoms with Gasteiger partial charge in [0.15, 0.2) is 16.1 Å². The van der Waals surface area contributed by atoms with Crippen LogP contribution in [0.1, 0.15) is 45.7 Å². The molecule has 7 nitrogen and oxygen atoms in total. The van der Waals surface area contributed by atoms with Crippen molar-refractivity contribution in [3.8, 4) is 0 Å². The van der Waals surface area contributed by atoms with Gasteiger partial charge in [0.25, 0.3) is 0 Å². The molecule has 3 atom stereocenters. The Kier molecular flexibility index (Phi) is 6.09. The summed E-state index contributed by atoms with van der Waals surface area (Å²) in [5.41, 5.74) is -1.58. The van der Waals surface area contributed by atoms with Crippen LogP contribution in [0.15, 0.2) is 18.0 Å². The van der Waals surface area contributed by atoms with Gasteiger partial charge in [0.05, 0.1) is 12.3 Å². The van der Waals surface area contributed by atoms with Gasteiger partial charge in [-0.25, -0.2) is 4.98 Å². The van der Waals surface area contributed by atoms with Crippen molar-refractivity contribution < 1.29 is 23.8 Å². The number of hydrogen-bond donors (Lipinski definition) is 1. The van der Waals surface area contributed by atoms with Gasteiger partial charge >= 0.3 is 11.9 Å². The summed E-state index contributed by atoms with van der Waals surface area (Å²) in [5.74, 6) is -0.496. The summed E-state index contributed by atoms with van der Waals surface area (Å²) in [7, 11) is 0. The molecule has 2 fully saturated rings. The van der Waals surface area contributed by atoms with Gasteiger partial charge in [0, 0.05) is 31.4 Å². The number of esters is 2. The highest BCUT2D eigenvalue weighted by Crippen LogP contribution is 2.52. The van der Waals surface area contributed by atoms with E-state index in [0.717, 1.165) is 11.6 Å². The van der Waals surface area contributed by atoms with Gasteiger partial charge in [-0.1, -0.05) is 19.9 Å². The first-order valence-electron chi connectivity index (χ1n) is 9.62. The Morgan fingerprint density at radius 2 is 2.25 bits per heavy atom. The normalized spacial score (nSPS) is 29.4. The van der Waals surface area contributed by atoms with Crippen molar-refractivity contribution in [2.45, 2.75) is 51.7 Å². The molecule has 1 aromatic rings. The fraction of sp³-hybridized carbons (Fsp3) is 0.650. The molecule has 1 N–H and O–H groups in total. The molecule has 1 aromatic heterocycles. The molecule has 0 amide bonds. The van der Waals surface area contributed by atoms with E-state index < -0.39 is 29.1 Å². The highest BCUT2D eigenvalue weighted by atomic mass is 32.1. The van der Waals surface area contributed by atoms with Gasteiger partial charge < -0.3 is 19.5 Å². The Balaban J connectivity index is 1.66. The van der Waals surface area contributed by atoms with Crippen molar-refractivity contribution in [3.63, 3.8) is 0 Å². The van der Waals surface area contributed by atoms with Gasteiger partial charge in [0.2, 0.25) is 0 Å². The second kappa shape index (κ2) is 8.21. The van der Waals surface area contributed by atoms with Crippen LogP contribution in [0, 0.1) is 11.3 Å². The zero-order valence-electron chi connectivity index (χ0n) is 16.7. The number of carbonyl (C=O) groups excluding carboxylic acids is 2. The molecule has 3 heterocycles. The summed E-state index contributed by atoms with van der Waals surface area (Å²) in [6.45, 7) is 11.2. The van der Waals surface area contributed by atoms with Gasteiger partial charge in [0.1, 0.15) is 6.10 Å². The largest absolute Gasteiger partial charge is 0.459 e. The number of hydrogen-bond acceptors (Lipinski definition) is 8. The molecule has 2 aliphatic rings. The molecule has 2 saturated heterocycles.